The van der Waals surface area contributed by atoms with Crippen LogP contribution in [0.4, 0.5) is 10.5 Å². The van der Waals surface area contributed by atoms with E-state index >= 15 is 0 Å². The Bertz CT molecular complexity index is 781. The van der Waals surface area contributed by atoms with Gasteiger partial charge in [-0.1, -0.05) is 42.5 Å². The summed E-state index contributed by atoms with van der Waals surface area (Å²) in [7, 11) is 0. The fourth-order valence-electron chi connectivity index (χ4n) is 2.50. The first kappa shape index (κ1) is 14.1. The fraction of sp³-hybridized carbons (Fsp3) is 0.111. The van der Waals surface area contributed by atoms with Gasteiger partial charge >= 0.3 is 6.03 Å². The molecule has 2 amide bonds. The molecule has 0 saturated carbocycles. The molecule has 2 N–H and O–H groups in total. The number of pyridine rings is 1. The van der Waals surface area contributed by atoms with Crippen LogP contribution in [0.1, 0.15) is 18.5 Å². The van der Waals surface area contributed by atoms with E-state index in [0.29, 0.717) is 0 Å². The predicted molar refractivity (Wildman–Crippen MR) is 88.8 cm³/mol. The maximum Gasteiger partial charge on any atom is 0.319 e. The van der Waals surface area contributed by atoms with Crippen LogP contribution in [-0.2, 0) is 0 Å². The highest BCUT2D eigenvalue weighted by atomic mass is 16.2. The third-order valence-electron chi connectivity index (χ3n) is 3.58. The SMILES string of the molecule is CC(NC(=O)Nc1ccncc1)c1cccc2ccccc12. The van der Waals surface area contributed by atoms with Crippen LogP contribution >= 0.6 is 0 Å². The molecular weight excluding hydrogens is 274 g/mol. The number of benzene rings is 2. The van der Waals surface area contributed by atoms with Gasteiger partial charge in [-0.2, -0.15) is 0 Å². The van der Waals surface area contributed by atoms with Crippen molar-refractivity contribution in [1.29, 1.82) is 0 Å². The highest BCUT2D eigenvalue weighted by Gasteiger charge is 2.12. The molecule has 2 aromatic carbocycles. The number of hydrogen-bond acceptors (Lipinski definition) is 2. The third kappa shape index (κ3) is 3.06. The van der Waals surface area contributed by atoms with Crippen molar-refractivity contribution in [3.8, 4) is 0 Å². The molecule has 1 aromatic heterocycles. The summed E-state index contributed by atoms with van der Waals surface area (Å²) in [5.74, 6) is 0. The van der Waals surface area contributed by atoms with Crippen molar-refractivity contribution in [3.05, 3.63) is 72.6 Å². The lowest BCUT2D eigenvalue weighted by molar-refractivity contribution is 0.249. The van der Waals surface area contributed by atoms with Gasteiger partial charge in [0.1, 0.15) is 0 Å². The zero-order valence-electron chi connectivity index (χ0n) is 12.3. The molecule has 1 atom stereocenters. The van der Waals surface area contributed by atoms with E-state index in [2.05, 4.69) is 33.8 Å². The smallest absolute Gasteiger partial charge is 0.319 e. The van der Waals surface area contributed by atoms with Crippen LogP contribution in [0, 0.1) is 0 Å². The molecule has 0 radical (unpaired) electrons. The second kappa shape index (κ2) is 6.26. The van der Waals surface area contributed by atoms with Gasteiger partial charge < -0.3 is 10.6 Å². The van der Waals surface area contributed by atoms with E-state index < -0.39 is 0 Å². The topological polar surface area (TPSA) is 54.0 Å². The largest absolute Gasteiger partial charge is 0.331 e. The number of hydrogen-bond donors (Lipinski definition) is 2. The first-order chi connectivity index (χ1) is 10.7. The number of aromatic nitrogens is 1. The number of carbonyl (C=O) groups is 1. The van der Waals surface area contributed by atoms with Gasteiger partial charge in [-0.3, -0.25) is 4.98 Å². The summed E-state index contributed by atoms with van der Waals surface area (Å²) in [6.07, 6.45) is 3.29. The molecule has 1 unspecified atom stereocenters. The Hall–Kier alpha value is -2.88. The minimum Gasteiger partial charge on any atom is -0.331 e. The van der Waals surface area contributed by atoms with Crippen molar-refractivity contribution in [1.82, 2.24) is 10.3 Å². The van der Waals surface area contributed by atoms with E-state index in [4.69, 9.17) is 0 Å². The number of rotatable bonds is 3. The van der Waals surface area contributed by atoms with Gasteiger partial charge in [0.25, 0.3) is 0 Å². The van der Waals surface area contributed by atoms with Crippen LogP contribution in [-0.4, -0.2) is 11.0 Å². The van der Waals surface area contributed by atoms with Gasteiger partial charge in [-0.25, -0.2) is 4.79 Å². The van der Waals surface area contributed by atoms with Crippen LogP contribution in [0.2, 0.25) is 0 Å². The molecule has 3 aromatic rings. The fourth-order valence-corrected chi connectivity index (χ4v) is 2.50. The normalized spacial score (nSPS) is 11.9. The standard InChI is InChI=1S/C18H17N3O/c1-13(20-18(22)21-15-9-11-19-12-10-15)16-8-4-6-14-5-2-3-7-17(14)16/h2-13H,1H3,(H2,19,20,21,22). The molecular formula is C18H17N3O. The van der Waals surface area contributed by atoms with Gasteiger partial charge in [0.05, 0.1) is 6.04 Å². The second-order valence-electron chi connectivity index (χ2n) is 5.12. The van der Waals surface area contributed by atoms with Crippen molar-refractivity contribution in [2.75, 3.05) is 5.32 Å². The van der Waals surface area contributed by atoms with Crippen LogP contribution in [0.25, 0.3) is 10.8 Å². The lowest BCUT2D eigenvalue weighted by atomic mass is 10.00. The molecule has 0 fully saturated rings. The molecule has 0 aliphatic heterocycles. The molecule has 0 aliphatic rings. The van der Waals surface area contributed by atoms with Crippen LogP contribution < -0.4 is 10.6 Å². The number of nitrogens with zero attached hydrogens (tertiary/aromatic N) is 1. The van der Waals surface area contributed by atoms with Gasteiger partial charge in [-0.05, 0) is 35.4 Å². The quantitative estimate of drug-likeness (QED) is 0.762. The Morgan fingerprint density at radius 2 is 1.73 bits per heavy atom. The Labute approximate surface area is 129 Å². The van der Waals surface area contributed by atoms with Crippen molar-refractivity contribution >= 4 is 22.5 Å². The van der Waals surface area contributed by atoms with Crippen molar-refractivity contribution < 1.29 is 4.79 Å². The minimum atomic E-state index is -0.230. The zero-order chi connectivity index (χ0) is 15.4. The van der Waals surface area contributed by atoms with Gasteiger partial charge in [-0.15, -0.1) is 0 Å². The third-order valence-corrected chi connectivity index (χ3v) is 3.58. The summed E-state index contributed by atoms with van der Waals surface area (Å²) in [5, 5.41) is 8.09. The molecule has 3 rings (SSSR count). The maximum absolute atomic E-state index is 12.1. The van der Waals surface area contributed by atoms with E-state index in [9.17, 15) is 4.79 Å². The lowest BCUT2D eigenvalue weighted by Gasteiger charge is -2.17. The summed E-state index contributed by atoms with van der Waals surface area (Å²) >= 11 is 0. The average molecular weight is 291 g/mol. The molecule has 1 heterocycles. The summed E-state index contributed by atoms with van der Waals surface area (Å²) in [4.78, 5) is 16.0. The van der Waals surface area contributed by atoms with E-state index in [1.807, 2.05) is 31.2 Å². The first-order valence-corrected chi connectivity index (χ1v) is 7.19. The number of urea groups is 1. The first-order valence-electron chi connectivity index (χ1n) is 7.19. The predicted octanol–water partition coefficient (Wildman–Crippen LogP) is 4.12. The molecule has 0 spiro atoms. The lowest BCUT2D eigenvalue weighted by Crippen LogP contribution is -2.31. The Balaban J connectivity index is 1.76. The summed E-state index contributed by atoms with van der Waals surface area (Å²) < 4.78 is 0. The number of nitrogens with one attached hydrogen (secondary N) is 2. The number of amides is 2. The average Bonchev–Trinajstić information content (AvgIpc) is 2.55. The summed E-state index contributed by atoms with van der Waals surface area (Å²) in [5.41, 5.74) is 1.82. The number of fused-ring (bicyclic) bond motifs is 1. The molecule has 4 nitrogen and oxygen atoms in total. The minimum absolute atomic E-state index is 0.0899. The molecule has 0 bridgehead atoms. The van der Waals surface area contributed by atoms with Crippen LogP contribution in [0.5, 0.6) is 0 Å². The molecule has 0 saturated heterocycles. The molecule has 22 heavy (non-hydrogen) atoms. The monoisotopic (exact) mass is 291 g/mol. The van der Waals surface area contributed by atoms with E-state index in [1.165, 1.54) is 5.39 Å². The van der Waals surface area contributed by atoms with Gasteiger partial charge in [0.2, 0.25) is 0 Å². The Morgan fingerprint density at radius 3 is 2.55 bits per heavy atom. The van der Waals surface area contributed by atoms with Crippen molar-refractivity contribution in [2.24, 2.45) is 0 Å². The van der Waals surface area contributed by atoms with E-state index in [0.717, 1.165) is 16.6 Å². The molecule has 0 aliphatic carbocycles. The molecule has 110 valence electrons. The van der Waals surface area contributed by atoms with Crippen LogP contribution in [0.15, 0.2) is 67.0 Å². The van der Waals surface area contributed by atoms with Crippen LogP contribution in [0.3, 0.4) is 0 Å². The van der Waals surface area contributed by atoms with Crippen molar-refractivity contribution in [3.63, 3.8) is 0 Å². The van der Waals surface area contributed by atoms with Gasteiger partial charge in [0.15, 0.2) is 0 Å². The van der Waals surface area contributed by atoms with Crippen molar-refractivity contribution in [2.45, 2.75) is 13.0 Å². The summed E-state index contributed by atoms with van der Waals surface area (Å²) in [6, 6.07) is 17.5. The number of carbonyl (C=O) groups excluding carboxylic acids is 1. The highest BCUT2D eigenvalue weighted by molar-refractivity contribution is 5.90. The Morgan fingerprint density at radius 1 is 1.00 bits per heavy atom. The Kier molecular flexibility index (Phi) is 4.01. The maximum atomic E-state index is 12.1. The zero-order valence-corrected chi connectivity index (χ0v) is 12.3. The molecule has 4 heteroatoms. The van der Waals surface area contributed by atoms with E-state index in [1.54, 1.807) is 24.5 Å². The number of anilines is 1. The summed E-state index contributed by atoms with van der Waals surface area (Å²) in [6.45, 7) is 1.98. The second-order valence-corrected chi connectivity index (χ2v) is 5.12. The van der Waals surface area contributed by atoms with E-state index in [-0.39, 0.29) is 12.1 Å². The van der Waals surface area contributed by atoms with Gasteiger partial charge in [0, 0.05) is 18.1 Å². The highest BCUT2D eigenvalue weighted by Crippen LogP contribution is 2.24.